The van der Waals surface area contributed by atoms with Gasteiger partial charge in [-0.2, -0.15) is 0 Å². The van der Waals surface area contributed by atoms with Crippen molar-refractivity contribution in [2.24, 2.45) is 34.6 Å². The molecule has 5 N–H and O–H groups in total. The number of amides is 1. The zero-order valence-electron chi connectivity index (χ0n) is 20.4. The molecule has 6 unspecified atom stereocenters. The molecule has 33 heavy (non-hydrogen) atoms. The number of benzene rings is 2. The van der Waals surface area contributed by atoms with E-state index in [0.717, 1.165) is 37.7 Å². The average molecular weight is 449 g/mol. The maximum Gasteiger partial charge on any atom is 0.248 e. The zero-order chi connectivity index (χ0) is 23.8. The molecule has 4 heteroatoms. The maximum atomic E-state index is 11.6. The summed E-state index contributed by atoms with van der Waals surface area (Å²) >= 11 is 0. The average Bonchev–Trinajstić information content (AvgIpc) is 3.10. The van der Waals surface area contributed by atoms with Crippen LogP contribution in [0.25, 0.3) is 0 Å². The van der Waals surface area contributed by atoms with E-state index in [4.69, 9.17) is 11.5 Å². The number of primary amides is 1. The number of carbonyl (C=O) groups is 1. The van der Waals surface area contributed by atoms with Gasteiger partial charge in [-0.25, -0.2) is 0 Å². The van der Waals surface area contributed by atoms with Crippen LogP contribution in [0.4, 0.5) is 0 Å². The molecule has 5 rings (SSSR count). The predicted molar refractivity (Wildman–Crippen MR) is 134 cm³/mol. The standard InChI is InChI=1S/C27H34N2O2.C2H6/c1-27-10-9-22-21-7-5-17(15-28)13-18(21)6-8-23(22)24(27)14-20(25(27)30)12-16-3-2-4-19(11-16)26(29)31;1-2/h2-5,7,11,13,20,22-25,30H,6,8-10,12,14-15,28H2,1H3,(H2,29,31);1-2H3. The lowest BCUT2D eigenvalue weighted by molar-refractivity contribution is -0.0325. The third kappa shape index (κ3) is 4.24. The van der Waals surface area contributed by atoms with Crippen LogP contribution in [-0.2, 0) is 19.4 Å². The molecule has 0 saturated heterocycles. The van der Waals surface area contributed by atoms with Gasteiger partial charge in [0.15, 0.2) is 0 Å². The van der Waals surface area contributed by atoms with E-state index in [9.17, 15) is 9.90 Å². The van der Waals surface area contributed by atoms with Crippen molar-refractivity contribution in [3.05, 3.63) is 70.3 Å². The summed E-state index contributed by atoms with van der Waals surface area (Å²) in [4.78, 5) is 11.6. The summed E-state index contributed by atoms with van der Waals surface area (Å²) < 4.78 is 0. The summed E-state index contributed by atoms with van der Waals surface area (Å²) in [5.74, 6) is 1.64. The Kier molecular flexibility index (Phi) is 6.97. The van der Waals surface area contributed by atoms with Crippen LogP contribution >= 0.6 is 0 Å². The third-order valence-corrected chi connectivity index (χ3v) is 8.85. The Morgan fingerprint density at radius 3 is 2.64 bits per heavy atom. The van der Waals surface area contributed by atoms with Crippen LogP contribution in [0.3, 0.4) is 0 Å². The van der Waals surface area contributed by atoms with Crippen LogP contribution < -0.4 is 11.5 Å². The van der Waals surface area contributed by atoms with Crippen LogP contribution in [-0.4, -0.2) is 17.1 Å². The molecule has 2 aromatic rings. The van der Waals surface area contributed by atoms with Crippen molar-refractivity contribution in [2.75, 3.05) is 0 Å². The van der Waals surface area contributed by atoms with Crippen molar-refractivity contribution in [2.45, 2.75) is 77.9 Å². The highest BCUT2D eigenvalue weighted by Crippen LogP contribution is 2.62. The molecule has 178 valence electrons. The number of rotatable bonds is 4. The first-order chi connectivity index (χ1) is 15.9. The Labute approximate surface area is 198 Å². The third-order valence-electron chi connectivity index (χ3n) is 8.85. The second-order valence-corrected chi connectivity index (χ2v) is 10.4. The lowest BCUT2D eigenvalue weighted by atomic mass is 9.55. The number of aliphatic hydroxyl groups is 1. The van der Waals surface area contributed by atoms with Gasteiger partial charge in [0.25, 0.3) is 0 Å². The van der Waals surface area contributed by atoms with Gasteiger partial charge < -0.3 is 16.6 Å². The molecule has 0 spiro atoms. The number of aliphatic hydroxyl groups excluding tert-OH is 1. The highest BCUT2D eigenvalue weighted by atomic mass is 16.3. The zero-order valence-corrected chi connectivity index (χ0v) is 20.4. The molecule has 6 atom stereocenters. The highest BCUT2D eigenvalue weighted by molar-refractivity contribution is 5.92. The lowest BCUT2D eigenvalue weighted by Gasteiger charge is -2.50. The smallest absolute Gasteiger partial charge is 0.248 e. The van der Waals surface area contributed by atoms with E-state index < -0.39 is 5.91 Å². The Morgan fingerprint density at radius 1 is 1.12 bits per heavy atom. The van der Waals surface area contributed by atoms with Gasteiger partial charge in [-0.05, 0) is 102 Å². The fourth-order valence-corrected chi connectivity index (χ4v) is 7.26. The number of nitrogens with two attached hydrogens (primary N) is 2. The maximum absolute atomic E-state index is 11.6. The minimum atomic E-state index is -0.393. The molecule has 0 bridgehead atoms. The van der Waals surface area contributed by atoms with Gasteiger partial charge >= 0.3 is 0 Å². The molecule has 2 fully saturated rings. The minimum absolute atomic E-state index is 0.0121. The number of carbonyl (C=O) groups excluding carboxylic acids is 1. The highest BCUT2D eigenvalue weighted by Gasteiger charge is 2.57. The van der Waals surface area contributed by atoms with E-state index in [1.807, 2.05) is 26.0 Å². The Balaban J connectivity index is 0.00000126. The molecular weight excluding hydrogens is 408 g/mol. The summed E-state index contributed by atoms with van der Waals surface area (Å²) in [6, 6.07) is 14.5. The second-order valence-electron chi connectivity index (χ2n) is 10.4. The lowest BCUT2D eigenvalue weighted by Crippen LogP contribution is -2.44. The summed E-state index contributed by atoms with van der Waals surface area (Å²) in [5, 5.41) is 11.4. The Morgan fingerprint density at radius 2 is 1.91 bits per heavy atom. The van der Waals surface area contributed by atoms with Crippen LogP contribution in [0.15, 0.2) is 42.5 Å². The summed E-state index contributed by atoms with van der Waals surface area (Å²) in [7, 11) is 0. The molecule has 0 radical (unpaired) electrons. The molecule has 0 aliphatic heterocycles. The normalized spacial score (nSPS) is 32.1. The van der Waals surface area contributed by atoms with E-state index >= 15 is 0 Å². The fourth-order valence-electron chi connectivity index (χ4n) is 7.26. The van der Waals surface area contributed by atoms with E-state index in [0.29, 0.717) is 29.9 Å². The van der Waals surface area contributed by atoms with Gasteiger partial charge in [-0.3, -0.25) is 4.79 Å². The van der Waals surface area contributed by atoms with Crippen molar-refractivity contribution in [3.63, 3.8) is 0 Å². The summed E-state index contributed by atoms with van der Waals surface area (Å²) in [6.07, 6.45) is 6.15. The first kappa shape index (κ1) is 24.0. The van der Waals surface area contributed by atoms with E-state index in [2.05, 4.69) is 31.2 Å². The molecule has 2 aromatic carbocycles. The molecule has 3 aliphatic carbocycles. The van der Waals surface area contributed by atoms with Crippen LogP contribution in [0.5, 0.6) is 0 Å². The molecule has 0 heterocycles. The number of fused-ring (bicyclic) bond motifs is 5. The molecular formula is C29H40N2O2. The van der Waals surface area contributed by atoms with Gasteiger partial charge in [0.2, 0.25) is 5.91 Å². The molecule has 4 nitrogen and oxygen atoms in total. The van der Waals surface area contributed by atoms with E-state index in [-0.39, 0.29) is 17.4 Å². The largest absolute Gasteiger partial charge is 0.392 e. The number of aryl methyl sites for hydroxylation is 1. The van der Waals surface area contributed by atoms with Crippen LogP contribution in [0.2, 0.25) is 0 Å². The molecule has 0 aromatic heterocycles. The Bertz CT molecular complexity index is 1000. The van der Waals surface area contributed by atoms with E-state index in [1.165, 1.54) is 23.1 Å². The van der Waals surface area contributed by atoms with Crippen LogP contribution in [0.1, 0.15) is 85.0 Å². The number of hydrogen-bond donors (Lipinski definition) is 3. The van der Waals surface area contributed by atoms with Gasteiger partial charge in [-0.15, -0.1) is 0 Å². The van der Waals surface area contributed by atoms with Gasteiger partial charge in [0, 0.05) is 12.1 Å². The monoisotopic (exact) mass is 448 g/mol. The predicted octanol–water partition coefficient (Wildman–Crippen LogP) is 4.96. The van der Waals surface area contributed by atoms with Crippen molar-refractivity contribution in [3.8, 4) is 0 Å². The first-order valence-corrected chi connectivity index (χ1v) is 12.8. The fraction of sp³-hybridized carbons (Fsp3) is 0.552. The molecule has 2 saturated carbocycles. The molecule has 1 amide bonds. The Hall–Kier alpha value is -2.17. The minimum Gasteiger partial charge on any atom is -0.392 e. The topological polar surface area (TPSA) is 89.3 Å². The van der Waals surface area contributed by atoms with Gasteiger partial charge in [0.1, 0.15) is 0 Å². The van der Waals surface area contributed by atoms with E-state index in [1.54, 1.807) is 6.07 Å². The van der Waals surface area contributed by atoms with Crippen molar-refractivity contribution in [1.29, 1.82) is 0 Å². The summed E-state index contributed by atoms with van der Waals surface area (Å²) in [6.45, 7) is 6.93. The van der Waals surface area contributed by atoms with Gasteiger partial charge in [0.05, 0.1) is 6.10 Å². The van der Waals surface area contributed by atoms with Crippen molar-refractivity contribution in [1.82, 2.24) is 0 Å². The molecule has 3 aliphatic rings. The first-order valence-electron chi connectivity index (χ1n) is 12.8. The van der Waals surface area contributed by atoms with Gasteiger partial charge in [-0.1, -0.05) is 51.1 Å². The van der Waals surface area contributed by atoms with Crippen LogP contribution in [0, 0.1) is 23.2 Å². The van der Waals surface area contributed by atoms with Crippen molar-refractivity contribution < 1.29 is 9.90 Å². The SMILES string of the molecule is CC.CC12CCC3c4ccc(CN)cc4CCC3C1CC(Cc1cccc(C(N)=O)c1)C2O. The number of hydrogen-bond acceptors (Lipinski definition) is 3. The quantitative estimate of drug-likeness (QED) is 0.618. The second kappa shape index (κ2) is 9.60. The van der Waals surface area contributed by atoms with Crippen molar-refractivity contribution >= 4 is 5.91 Å². The summed E-state index contributed by atoms with van der Waals surface area (Å²) in [5.41, 5.74) is 17.2.